The molecule has 9 heteroatoms. The van der Waals surface area contributed by atoms with E-state index in [0.29, 0.717) is 0 Å². The fraction of sp³-hybridized carbons (Fsp3) is 1.00. The van der Waals surface area contributed by atoms with Gasteiger partial charge in [-0.1, -0.05) is 0 Å². The summed E-state index contributed by atoms with van der Waals surface area (Å²) in [5.74, 6) is 0. The maximum Gasteiger partial charge on any atom is 0.318 e. The highest BCUT2D eigenvalue weighted by Gasteiger charge is 2.52. The van der Waals surface area contributed by atoms with E-state index in [0.717, 1.165) is 0 Å². The molecule has 1 aliphatic rings. The Hall–Kier alpha value is 0.0549. The van der Waals surface area contributed by atoms with Gasteiger partial charge in [-0.25, -0.2) is 0 Å². The molecule has 5 atom stereocenters. The smallest absolute Gasteiger partial charge is 0.318 e. The van der Waals surface area contributed by atoms with Gasteiger partial charge in [0.25, 0.3) is 0 Å². The van der Waals surface area contributed by atoms with Crippen molar-refractivity contribution >= 4 is 16.1 Å². The van der Waals surface area contributed by atoms with Crippen molar-refractivity contribution in [2.45, 2.75) is 30.7 Å². The highest BCUT2D eigenvalue weighted by molar-refractivity contribution is 7.33. The van der Waals surface area contributed by atoms with E-state index in [4.69, 9.17) is 18.8 Å². The molecule has 112 valence electrons. The van der Waals surface area contributed by atoms with Crippen LogP contribution in [0.1, 0.15) is 6.92 Å². The Balaban J connectivity index is 2.74. The monoisotopic (exact) mass is 295 g/mol. The van der Waals surface area contributed by atoms with Crippen molar-refractivity contribution in [1.82, 2.24) is 5.06 Å². The van der Waals surface area contributed by atoms with Crippen LogP contribution >= 0.6 is 8.25 Å². The maximum absolute atomic E-state index is 11.3. The van der Waals surface area contributed by atoms with Gasteiger partial charge in [0, 0.05) is 28.3 Å². The standard InChI is InChI=1S/C10H23BNO6P/c1-10(6-16-19(13)15-5)8(14-4)7(9(11)17-10)18-12(2)3/h7-9,19H,6,11H2,1-5H3/t7?,8?,9-,10-/m1/s1. The molecule has 0 amide bonds. The van der Waals surface area contributed by atoms with E-state index in [1.807, 2.05) is 14.8 Å². The largest absolute Gasteiger partial charge is 0.375 e. The highest BCUT2D eigenvalue weighted by Crippen LogP contribution is 2.36. The molecule has 7 nitrogen and oxygen atoms in total. The van der Waals surface area contributed by atoms with Crippen molar-refractivity contribution in [3.05, 3.63) is 0 Å². The fourth-order valence-electron chi connectivity index (χ4n) is 2.30. The van der Waals surface area contributed by atoms with Crippen LogP contribution in [0.3, 0.4) is 0 Å². The second-order valence-electron chi connectivity index (χ2n) is 4.92. The Kier molecular flexibility index (Phi) is 6.46. The number of ether oxygens (including phenoxy) is 2. The van der Waals surface area contributed by atoms with E-state index >= 15 is 0 Å². The van der Waals surface area contributed by atoms with Crippen LogP contribution in [-0.4, -0.2) is 71.6 Å². The van der Waals surface area contributed by atoms with Crippen molar-refractivity contribution in [2.24, 2.45) is 0 Å². The van der Waals surface area contributed by atoms with Gasteiger partial charge in [-0.05, 0) is 6.92 Å². The number of rotatable bonds is 7. The van der Waals surface area contributed by atoms with Gasteiger partial charge < -0.3 is 18.5 Å². The van der Waals surface area contributed by atoms with E-state index in [-0.39, 0.29) is 24.8 Å². The van der Waals surface area contributed by atoms with Crippen LogP contribution in [0.2, 0.25) is 0 Å². The van der Waals surface area contributed by atoms with E-state index in [1.165, 1.54) is 7.11 Å². The lowest BCUT2D eigenvalue weighted by Crippen LogP contribution is -2.47. The van der Waals surface area contributed by atoms with Crippen molar-refractivity contribution in [3.8, 4) is 0 Å². The summed E-state index contributed by atoms with van der Waals surface area (Å²) in [5, 5.41) is 1.61. The molecule has 0 aromatic heterocycles. The normalized spacial score (nSPS) is 36.8. The summed E-state index contributed by atoms with van der Waals surface area (Å²) in [6.07, 6.45) is -0.574. The predicted octanol–water partition coefficient (Wildman–Crippen LogP) is -0.336. The first-order chi connectivity index (χ1) is 8.84. The molecule has 0 radical (unpaired) electrons. The van der Waals surface area contributed by atoms with Gasteiger partial charge >= 0.3 is 8.25 Å². The third-order valence-corrected chi connectivity index (χ3v) is 3.76. The average molecular weight is 295 g/mol. The Morgan fingerprint density at radius 3 is 2.53 bits per heavy atom. The summed E-state index contributed by atoms with van der Waals surface area (Å²) < 4.78 is 32.4. The number of hydroxylamine groups is 2. The third kappa shape index (κ3) is 4.26. The van der Waals surface area contributed by atoms with Crippen molar-refractivity contribution in [1.29, 1.82) is 0 Å². The zero-order valence-corrected chi connectivity index (χ0v) is 13.3. The molecule has 0 aromatic rings. The van der Waals surface area contributed by atoms with Crippen molar-refractivity contribution in [3.63, 3.8) is 0 Å². The van der Waals surface area contributed by atoms with Crippen LogP contribution in [0.15, 0.2) is 0 Å². The zero-order valence-electron chi connectivity index (χ0n) is 12.3. The highest BCUT2D eigenvalue weighted by atomic mass is 31.1. The summed E-state index contributed by atoms with van der Waals surface area (Å²) in [6.45, 7) is 1.97. The molecule has 1 fully saturated rings. The SMILES string of the molecule is B[C@@H]1O[C@](C)(CO[PH](=O)OC)C(OC)C1ON(C)C. The molecule has 1 rings (SSSR count). The van der Waals surface area contributed by atoms with E-state index in [1.54, 1.807) is 26.3 Å². The second-order valence-corrected chi connectivity index (χ2v) is 6.11. The molecule has 19 heavy (non-hydrogen) atoms. The van der Waals surface area contributed by atoms with Gasteiger partial charge in [0.05, 0.1) is 12.6 Å². The number of methoxy groups -OCH3 is 1. The molecule has 0 aliphatic carbocycles. The first-order valence-electron chi connectivity index (χ1n) is 6.09. The Labute approximate surface area is 115 Å². The fourth-order valence-corrected chi connectivity index (χ4v) is 2.82. The number of nitrogens with zero attached hydrogens (tertiary/aromatic N) is 1. The van der Waals surface area contributed by atoms with Gasteiger partial charge in [0.2, 0.25) is 0 Å². The quantitative estimate of drug-likeness (QED) is 0.362. The Morgan fingerprint density at radius 2 is 2.05 bits per heavy atom. The summed E-state index contributed by atoms with van der Waals surface area (Å²) >= 11 is 0. The number of hydrogen-bond donors (Lipinski definition) is 0. The molecule has 1 heterocycles. The topological polar surface area (TPSA) is 66.5 Å². The Morgan fingerprint density at radius 1 is 1.42 bits per heavy atom. The minimum atomic E-state index is -2.48. The molecule has 1 saturated heterocycles. The average Bonchev–Trinajstić information content (AvgIpc) is 2.57. The van der Waals surface area contributed by atoms with E-state index in [9.17, 15) is 4.57 Å². The van der Waals surface area contributed by atoms with Crippen LogP contribution in [0.5, 0.6) is 0 Å². The molecule has 1 aliphatic heterocycles. The molecular weight excluding hydrogens is 272 g/mol. The van der Waals surface area contributed by atoms with Gasteiger partial charge in [0.1, 0.15) is 25.7 Å². The van der Waals surface area contributed by atoms with Gasteiger partial charge in [-0.3, -0.25) is 9.40 Å². The predicted molar refractivity (Wildman–Crippen MR) is 73.1 cm³/mol. The number of hydrogen-bond acceptors (Lipinski definition) is 7. The lowest BCUT2D eigenvalue weighted by molar-refractivity contribution is -0.195. The van der Waals surface area contributed by atoms with Crippen LogP contribution in [0, 0.1) is 0 Å². The van der Waals surface area contributed by atoms with Crippen LogP contribution in [-0.2, 0) is 27.9 Å². The molecule has 0 saturated carbocycles. The van der Waals surface area contributed by atoms with Gasteiger partial charge in [0.15, 0.2) is 0 Å². The summed E-state index contributed by atoms with van der Waals surface area (Å²) in [6, 6.07) is -0.161. The van der Waals surface area contributed by atoms with Crippen LogP contribution < -0.4 is 0 Å². The van der Waals surface area contributed by atoms with Crippen molar-refractivity contribution in [2.75, 3.05) is 34.9 Å². The van der Waals surface area contributed by atoms with E-state index in [2.05, 4.69) is 4.52 Å². The first kappa shape index (κ1) is 17.1. The molecule has 0 aromatic carbocycles. The zero-order chi connectivity index (χ0) is 14.6. The lowest BCUT2D eigenvalue weighted by atomic mass is 9.90. The summed E-state index contributed by atoms with van der Waals surface area (Å²) in [5.41, 5.74) is -0.728. The minimum Gasteiger partial charge on any atom is -0.375 e. The molecule has 0 bridgehead atoms. The molecule has 0 N–H and O–H groups in total. The Bertz CT molecular complexity index is 320. The van der Waals surface area contributed by atoms with Crippen molar-refractivity contribution < 1.29 is 27.9 Å². The summed E-state index contributed by atoms with van der Waals surface area (Å²) in [7, 11) is 5.96. The van der Waals surface area contributed by atoms with Gasteiger partial charge in [-0.2, -0.15) is 5.06 Å². The molecule has 3 unspecified atom stereocenters. The summed E-state index contributed by atoms with van der Waals surface area (Å²) in [4.78, 5) is 5.68. The molecule has 0 spiro atoms. The maximum atomic E-state index is 11.3. The minimum absolute atomic E-state index is 0.120. The lowest BCUT2D eigenvalue weighted by Gasteiger charge is -2.31. The third-order valence-electron chi connectivity index (χ3n) is 3.05. The molecular formula is C10H23BNO6P. The van der Waals surface area contributed by atoms with Gasteiger partial charge in [-0.15, -0.1) is 0 Å². The van der Waals surface area contributed by atoms with Crippen LogP contribution in [0.25, 0.3) is 0 Å². The van der Waals surface area contributed by atoms with Crippen LogP contribution in [0.4, 0.5) is 0 Å². The first-order valence-corrected chi connectivity index (χ1v) is 7.32. The van der Waals surface area contributed by atoms with E-state index < -0.39 is 13.9 Å². The second kappa shape index (κ2) is 7.17.